The largest absolute Gasteiger partial charge is 0.332 e. The Labute approximate surface area is 180 Å². The maximum Gasteiger partial charge on any atom is 0.332 e. The standard InChI is InChI=1S/C19H19ClN6O3S/c1-11-9-30-18(22-11)26(13-6-4-12(20)5-7-13)14(27)8-25-10-21-16-15(25)17(28)24(3)19(29)23(16)2/h4-7,10-11H,8-9H2,1-3H3. The highest BCUT2D eigenvalue weighted by Gasteiger charge is 2.28. The molecule has 1 atom stereocenters. The molecular formula is C19H19ClN6O3S. The van der Waals surface area contributed by atoms with Crippen LogP contribution >= 0.6 is 23.4 Å². The number of thioether (sulfide) groups is 1. The summed E-state index contributed by atoms with van der Waals surface area (Å²) in [4.78, 5) is 48.4. The highest BCUT2D eigenvalue weighted by Crippen LogP contribution is 2.27. The lowest BCUT2D eigenvalue weighted by Gasteiger charge is -2.22. The topological polar surface area (TPSA) is 94.5 Å². The highest BCUT2D eigenvalue weighted by molar-refractivity contribution is 8.14. The number of aryl methyl sites for hydroxylation is 1. The number of hydrogen-bond donors (Lipinski definition) is 0. The molecule has 1 aromatic carbocycles. The summed E-state index contributed by atoms with van der Waals surface area (Å²) >= 11 is 7.50. The van der Waals surface area contributed by atoms with Gasteiger partial charge in [-0.15, -0.1) is 0 Å². The van der Waals surface area contributed by atoms with Crippen LogP contribution in [0.5, 0.6) is 0 Å². The summed E-state index contributed by atoms with van der Waals surface area (Å²) in [6.07, 6.45) is 1.40. The Morgan fingerprint density at radius 1 is 1.23 bits per heavy atom. The highest BCUT2D eigenvalue weighted by atomic mass is 35.5. The van der Waals surface area contributed by atoms with Gasteiger partial charge in [0.05, 0.1) is 18.1 Å². The molecule has 4 rings (SSSR count). The van der Waals surface area contributed by atoms with Gasteiger partial charge in [0.15, 0.2) is 16.3 Å². The minimum Gasteiger partial charge on any atom is -0.315 e. The lowest BCUT2D eigenvalue weighted by molar-refractivity contribution is -0.118. The summed E-state index contributed by atoms with van der Waals surface area (Å²) in [6, 6.07) is 7.02. The fourth-order valence-electron chi connectivity index (χ4n) is 3.27. The Bertz CT molecular complexity index is 1290. The summed E-state index contributed by atoms with van der Waals surface area (Å²) in [5.41, 5.74) is 0.0817. The lowest BCUT2D eigenvalue weighted by Crippen LogP contribution is -2.39. The smallest absolute Gasteiger partial charge is 0.315 e. The van der Waals surface area contributed by atoms with Crippen LogP contribution in [0.25, 0.3) is 11.2 Å². The number of nitrogens with zero attached hydrogens (tertiary/aromatic N) is 6. The average Bonchev–Trinajstić information content (AvgIpc) is 3.33. The molecule has 0 spiro atoms. The number of carbonyl (C=O) groups excluding carboxylic acids is 1. The zero-order chi connectivity index (χ0) is 21.6. The van der Waals surface area contributed by atoms with Gasteiger partial charge in [0.1, 0.15) is 6.54 Å². The lowest BCUT2D eigenvalue weighted by atomic mass is 10.3. The zero-order valence-electron chi connectivity index (χ0n) is 16.6. The van der Waals surface area contributed by atoms with Crippen LogP contribution < -0.4 is 16.1 Å². The van der Waals surface area contributed by atoms with Gasteiger partial charge in [-0.25, -0.2) is 9.78 Å². The molecule has 9 nitrogen and oxygen atoms in total. The molecule has 3 heterocycles. The molecule has 1 unspecified atom stereocenters. The second kappa shape index (κ2) is 7.77. The van der Waals surface area contributed by atoms with Gasteiger partial charge in [0.2, 0.25) is 0 Å². The van der Waals surface area contributed by atoms with Crippen LogP contribution in [-0.4, -0.2) is 41.6 Å². The van der Waals surface area contributed by atoms with Crippen LogP contribution in [0.2, 0.25) is 5.02 Å². The van der Waals surface area contributed by atoms with Gasteiger partial charge in [-0.05, 0) is 31.2 Å². The fourth-order valence-corrected chi connectivity index (χ4v) is 4.45. The maximum absolute atomic E-state index is 13.4. The maximum atomic E-state index is 13.4. The number of benzene rings is 1. The van der Waals surface area contributed by atoms with Crippen LogP contribution in [0.1, 0.15) is 6.92 Å². The van der Waals surface area contributed by atoms with E-state index < -0.39 is 11.2 Å². The Balaban J connectivity index is 1.77. The quantitative estimate of drug-likeness (QED) is 0.609. The number of rotatable bonds is 3. The molecule has 0 N–H and O–H groups in total. The van der Waals surface area contributed by atoms with Crippen molar-refractivity contribution < 1.29 is 4.79 Å². The van der Waals surface area contributed by atoms with Crippen molar-refractivity contribution in [3.05, 3.63) is 56.5 Å². The normalized spacial score (nSPS) is 16.1. The first-order valence-corrected chi connectivity index (χ1v) is 10.5. The predicted molar refractivity (Wildman–Crippen MR) is 119 cm³/mol. The van der Waals surface area contributed by atoms with Crippen LogP contribution in [0.15, 0.2) is 45.2 Å². The van der Waals surface area contributed by atoms with E-state index in [0.717, 1.165) is 10.3 Å². The monoisotopic (exact) mass is 446 g/mol. The minimum atomic E-state index is -0.502. The first-order chi connectivity index (χ1) is 14.3. The molecule has 1 aliphatic rings. The predicted octanol–water partition coefficient (Wildman–Crippen LogP) is 1.61. The van der Waals surface area contributed by atoms with Gasteiger partial charge < -0.3 is 4.57 Å². The molecule has 1 aliphatic heterocycles. The number of amidine groups is 1. The van der Waals surface area contributed by atoms with Crippen molar-refractivity contribution in [2.45, 2.75) is 19.5 Å². The van der Waals surface area contributed by atoms with Crippen molar-refractivity contribution in [1.82, 2.24) is 18.7 Å². The van der Waals surface area contributed by atoms with Gasteiger partial charge in [-0.1, -0.05) is 23.4 Å². The Morgan fingerprint density at radius 3 is 2.57 bits per heavy atom. The summed E-state index contributed by atoms with van der Waals surface area (Å²) in [6.45, 7) is 1.85. The third-order valence-corrected chi connectivity index (χ3v) is 6.28. The number of aliphatic imine (C=N–C) groups is 1. The molecule has 0 aliphatic carbocycles. The molecule has 1 amide bonds. The summed E-state index contributed by atoms with van der Waals surface area (Å²) < 4.78 is 3.75. The van der Waals surface area contributed by atoms with Crippen molar-refractivity contribution in [2.24, 2.45) is 19.1 Å². The third-order valence-electron chi connectivity index (χ3n) is 4.83. The number of imidazole rings is 1. The molecule has 0 saturated carbocycles. The van der Waals surface area contributed by atoms with E-state index in [4.69, 9.17) is 11.6 Å². The number of carbonyl (C=O) groups is 1. The van der Waals surface area contributed by atoms with Gasteiger partial charge >= 0.3 is 5.69 Å². The molecule has 2 aromatic heterocycles. The first kappa shape index (κ1) is 20.4. The fraction of sp³-hybridized carbons (Fsp3) is 0.316. The molecule has 0 radical (unpaired) electrons. The third kappa shape index (κ3) is 3.46. The van der Waals surface area contributed by atoms with Crippen LogP contribution in [0, 0.1) is 0 Å². The summed E-state index contributed by atoms with van der Waals surface area (Å²) in [5.74, 6) is 0.497. The van der Waals surface area contributed by atoms with E-state index >= 15 is 0 Å². The number of halogens is 1. The molecule has 156 valence electrons. The van der Waals surface area contributed by atoms with E-state index in [1.165, 1.54) is 46.2 Å². The van der Waals surface area contributed by atoms with E-state index in [0.29, 0.717) is 15.9 Å². The number of anilines is 1. The number of amides is 1. The molecule has 0 fully saturated rings. The van der Waals surface area contributed by atoms with Gasteiger partial charge in [0.25, 0.3) is 11.5 Å². The van der Waals surface area contributed by atoms with Crippen molar-refractivity contribution in [1.29, 1.82) is 0 Å². The van der Waals surface area contributed by atoms with Crippen LogP contribution in [-0.2, 0) is 25.4 Å². The first-order valence-electron chi connectivity index (χ1n) is 9.18. The second-order valence-corrected chi connectivity index (χ2v) is 8.45. The number of hydrogen-bond acceptors (Lipinski definition) is 6. The van der Waals surface area contributed by atoms with Gasteiger partial charge in [-0.3, -0.25) is 28.6 Å². The van der Waals surface area contributed by atoms with Crippen molar-refractivity contribution in [3.8, 4) is 0 Å². The van der Waals surface area contributed by atoms with Gasteiger partial charge in [0, 0.05) is 24.9 Å². The van der Waals surface area contributed by atoms with Gasteiger partial charge in [-0.2, -0.15) is 0 Å². The average molecular weight is 447 g/mol. The van der Waals surface area contributed by atoms with Crippen molar-refractivity contribution >= 4 is 51.3 Å². The molecule has 0 bridgehead atoms. The van der Waals surface area contributed by atoms with E-state index in [9.17, 15) is 14.4 Å². The summed E-state index contributed by atoms with van der Waals surface area (Å²) in [5, 5.41) is 1.16. The van der Waals surface area contributed by atoms with Crippen molar-refractivity contribution in [3.63, 3.8) is 0 Å². The second-order valence-electron chi connectivity index (χ2n) is 7.03. The number of aromatic nitrogens is 4. The van der Waals surface area contributed by atoms with E-state index in [2.05, 4.69) is 9.98 Å². The minimum absolute atomic E-state index is 0.100. The van der Waals surface area contributed by atoms with Crippen molar-refractivity contribution in [2.75, 3.05) is 10.7 Å². The zero-order valence-corrected chi connectivity index (χ0v) is 18.1. The van der Waals surface area contributed by atoms with Crippen LogP contribution in [0.3, 0.4) is 0 Å². The SMILES string of the molecule is CC1CSC(N(C(=O)Cn2cnc3c2c(=O)n(C)c(=O)n3C)c2ccc(Cl)cc2)=N1. The van der Waals surface area contributed by atoms with E-state index in [1.54, 1.807) is 24.3 Å². The van der Waals surface area contributed by atoms with E-state index in [-0.39, 0.29) is 29.7 Å². The Hall–Kier alpha value is -2.85. The molecule has 30 heavy (non-hydrogen) atoms. The molecule has 0 saturated heterocycles. The van der Waals surface area contributed by atoms with E-state index in [1.807, 2.05) is 6.92 Å². The molecular weight excluding hydrogens is 428 g/mol. The summed E-state index contributed by atoms with van der Waals surface area (Å²) in [7, 11) is 2.93. The number of fused-ring (bicyclic) bond motifs is 1. The molecule has 11 heteroatoms. The molecule has 3 aromatic rings. The Morgan fingerprint density at radius 2 is 1.93 bits per heavy atom. The van der Waals surface area contributed by atoms with Crippen LogP contribution in [0.4, 0.5) is 5.69 Å². The Kier molecular flexibility index (Phi) is 5.29.